The van der Waals surface area contributed by atoms with Crippen LogP contribution in [0.1, 0.15) is 96.8 Å². The van der Waals surface area contributed by atoms with Gasteiger partial charge in [-0.2, -0.15) is 0 Å². The summed E-state index contributed by atoms with van der Waals surface area (Å²) >= 11 is 0. The van der Waals surface area contributed by atoms with Crippen LogP contribution in [0.5, 0.6) is 0 Å². The number of carbonyl (C=O) groups is 2. The Labute approximate surface area is 166 Å². The highest BCUT2D eigenvalue weighted by atomic mass is 16.4. The molecule has 27 heavy (non-hydrogen) atoms. The molecule has 6 heteroatoms. The van der Waals surface area contributed by atoms with Crippen LogP contribution in [0, 0.1) is 0 Å². The van der Waals surface area contributed by atoms with E-state index in [0.29, 0.717) is 0 Å². The van der Waals surface area contributed by atoms with E-state index in [1.165, 1.54) is 51.4 Å². The Bertz CT molecular complexity index is 376. The average Bonchev–Trinajstić information content (AvgIpc) is 2.62. The molecule has 0 aliphatic rings. The Morgan fingerprint density at radius 1 is 0.852 bits per heavy atom. The maximum Gasteiger partial charge on any atom is 0.303 e. The molecule has 0 heterocycles. The minimum Gasteiger partial charge on any atom is -0.481 e. The lowest BCUT2D eigenvalue weighted by Gasteiger charge is -2.20. The molecule has 0 aromatic carbocycles. The van der Waals surface area contributed by atoms with Gasteiger partial charge in [0.1, 0.15) is 0 Å². The lowest BCUT2D eigenvalue weighted by molar-refractivity contribution is -0.139. The fourth-order valence-corrected chi connectivity index (χ4v) is 3.10. The maximum absolute atomic E-state index is 11.7. The standard InChI is InChI=1S/C21H43N3O3/c1-4-5-6-7-8-9-10-11-14-19(15-12-13-18-24(2)3)22-23-20(25)16-17-21(26)27/h19,22H,4-18H2,1-3H3,(H,23,25)(H,26,27). The zero-order chi connectivity index (χ0) is 20.3. The monoisotopic (exact) mass is 385 g/mol. The van der Waals surface area contributed by atoms with Crippen molar-refractivity contribution >= 4 is 11.9 Å². The number of unbranched alkanes of at least 4 members (excludes halogenated alkanes) is 8. The van der Waals surface area contributed by atoms with E-state index in [0.717, 1.165) is 32.2 Å². The largest absolute Gasteiger partial charge is 0.481 e. The molecule has 0 aliphatic heterocycles. The van der Waals surface area contributed by atoms with Crippen molar-refractivity contribution in [3.05, 3.63) is 0 Å². The van der Waals surface area contributed by atoms with Crippen LogP contribution in [0.15, 0.2) is 0 Å². The van der Waals surface area contributed by atoms with Crippen molar-refractivity contribution < 1.29 is 14.7 Å². The smallest absolute Gasteiger partial charge is 0.303 e. The van der Waals surface area contributed by atoms with E-state index < -0.39 is 5.97 Å². The number of hydrazine groups is 1. The molecule has 0 spiro atoms. The summed E-state index contributed by atoms with van der Waals surface area (Å²) in [6, 6.07) is 0.265. The summed E-state index contributed by atoms with van der Waals surface area (Å²) in [7, 11) is 4.16. The molecule has 1 amide bonds. The van der Waals surface area contributed by atoms with Gasteiger partial charge in [-0.1, -0.05) is 64.7 Å². The van der Waals surface area contributed by atoms with E-state index in [2.05, 4.69) is 36.8 Å². The van der Waals surface area contributed by atoms with Gasteiger partial charge in [-0.3, -0.25) is 15.0 Å². The molecule has 0 fully saturated rings. The third-order valence-electron chi connectivity index (χ3n) is 4.80. The summed E-state index contributed by atoms with van der Waals surface area (Å²) in [5, 5.41) is 8.66. The Balaban J connectivity index is 4.01. The Kier molecular flexibility index (Phi) is 17.5. The van der Waals surface area contributed by atoms with Crippen LogP contribution in [-0.2, 0) is 9.59 Å². The van der Waals surface area contributed by atoms with E-state index in [1.807, 2.05) is 0 Å². The van der Waals surface area contributed by atoms with Gasteiger partial charge in [-0.25, -0.2) is 5.43 Å². The fourth-order valence-electron chi connectivity index (χ4n) is 3.10. The average molecular weight is 386 g/mol. The van der Waals surface area contributed by atoms with E-state index in [-0.39, 0.29) is 24.8 Å². The van der Waals surface area contributed by atoms with Gasteiger partial charge >= 0.3 is 5.97 Å². The number of amides is 1. The minimum atomic E-state index is -0.940. The number of carbonyl (C=O) groups excluding carboxylic acids is 1. The number of hydrogen-bond donors (Lipinski definition) is 3. The molecule has 1 atom stereocenters. The maximum atomic E-state index is 11.7. The number of rotatable bonds is 19. The van der Waals surface area contributed by atoms with Crippen LogP contribution in [0.2, 0.25) is 0 Å². The second kappa shape index (κ2) is 18.2. The van der Waals surface area contributed by atoms with Gasteiger partial charge in [0.05, 0.1) is 6.42 Å². The number of carboxylic acid groups (broad SMARTS) is 1. The molecule has 6 nitrogen and oxygen atoms in total. The lowest BCUT2D eigenvalue weighted by atomic mass is 10.0. The summed E-state index contributed by atoms with van der Waals surface area (Å²) in [5.74, 6) is -1.18. The predicted octanol–water partition coefficient (Wildman–Crippen LogP) is 4.10. The van der Waals surface area contributed by atoms with Crippen molar-refractivity contribution in [2.75, 3.05) is 20.6 Å². The van der Waals surface area contributed by atoms with Gasteiger partial charge in [0.15, 0.2) is 0 Å². The zero-order valence-corrected chi connectivity index (χ0v) is 17.9. The van der Waals surface area contributed by atoms with Crippen molar-refractivity contribution in [2.45, 2.75) is 103 Å². The molecule has 3 N–H and O–H groups in total. The number of carboxylic acids is 1. The molecule has 0 saturated heterocycles. The third-order valence-corrected chi connectivity index (χ3v) is 4.80. The second-order valence-corrected chi connectivity index (χ2v) is 7.85. The minimum absolute atomic E-state index is 0.0213. The van der Waals surface area contributed by atoms with Crippen LogP contribution in [0.3, 0.4) is 0 Å². The van der Waals surface area contributed by atoms with Crippen LogP contribution < -0.4 is 10.9 Å². The highest BCUT2D eigenvalue weighted by Crippen LogP contribution is 2.13. The molecule has 0 rings (SSSR count). The summed E-state index contributed by atoms with van der Waals surface area (Å²) in [6.45, 7) is 3.32. The lowest BCUT2D eigenvalue weighted by Crippen LogP contribution is -2.44. The van der Waals surface area contributed by atoms with Gasteiger partial charge in [0.25, 0.3) is 0 Å². The summed E-state index contributed by atoms with van der Waals surface area (Å²) < 4.78 is 0. The highest BCUT2D eigenvalue weighted by molar-refractivity contribution is 5.80. The SMILES string of the molecule is CCCCCCCCCCC(CCCCN(C)C)NNC(=O)CCC(=O)O. The molecule has 0 radical (unpaired) electrons. The zero-order valence-electron chi connectivity index (χ0n) is 17.9. The topological polar surface area (TPSA) is 81.7 Å². The first-order chi connectivity index (χ1) is 13.0. The number of nitrogens with zero attached hydrogens (tertiary/aromatic N) is 1. The first-order valence-corrected chi connectivity index (χ1v) is 10.9. The summed E-state index contributed by atoms with van der Waals surface area (Å²) in [6.07, 6.45) is 14.6. The van der Waals surface area contributed by atoms with E-state index >= 15 is 0 Å². The second-order valence-electron chi connectivity index (χ2n) is 7.85. The number of nitrogens with one attached hydrogen (secondary N) is 2. The van der Waals surface area contributed by atoms with Crippen molar-refractivity contribution in [1.29, 1.82) is 0 Å². The molecule has 0 aliphatic carbocycles. The van der Waals surface area contributed by atoms with Crippen LogP contribution in [-0.4, -0.2) is 48.6 Å². The first-order valence-electron chi connectivity index (χ1n) is 10.9. The summed E-state index contributed by atoms with van der Waals surface area (Å²) in [4.78, 5) is 24.5. The van der Waals surface area contributed by atoms with Gasteiger partial charge < -0.3 is 10.0 Å². The molecule has 0 aromatic heterocycles. The first kappa shape index (κ1) is 25.9. The molecule has 0 aromatic rings. The number of aliphatic carboxylic acids is 1. The Hall–Kier alpha value is -1.14. The highest BCUT2D eigenvalue weighted by Gasteiger charge is 2.11. The van der Waals surface area contributed by atoms with Gasteiger partial charge in [-0.05, 0) is 39.9 Å². The third kappa shape index (κ3) is 19.4. The van der Waals surface area contributed by atoms with Crippen LogP contribution >= 0.6 is 0 Å². The van der Waals surface area contributed by atoms with E-state index in [1.54, 1.807) is 0 Å². The van der Waals surface area contributed by atoms with Gasteiger partial charge in [-0.15, -0.1) is 0 Å². The van der Waals surface area contributed by atoms with E-state index in [9.17, 15) is 9.59 Å². The number of hydrogen-bond acceptors (Lipinski definition) is 4. The molecule has 0 saturated carbocycles. The van der Waals surface area contributed by atoms with Crippen molar-refractivity contribution in [3.63, 3.8) is 0 Å². The Morgan fingerprint density at radius 2 is 1.41 bits per heavy atom. The van der Waals surface area contributed by atoms with Crippen LogP contribution in [0.4, 0.5) is 0 Å². The Morgan fingerprint density at radius 3 is 1.96 bits per heavy atom. The molecular weight excluding hydrogens is 342 g/mol. The predicted molar refractivity (Wildman–Crippen MR) is 112 cm³/mol. The van der Waals surface area contributed by atoms with Crippen molar-refractivity contribution in [2.24, 2.45) is 0 Å². The fraction of sp³-hybridized carbons (Fsp3) is 0.905. The van der Waals surface area contributed by atoms with Gasteiger partial charge in [0.2, 0.25) is 5.91 Å². The molecule has 160 valence electrons. The molecule has 1 unspecified atom stereocenters. The normalized spacial score (nSPS) is 12.3. The van der Waals surface area contributed by atoms with Crippen molar-refractivity contribution in [1.82, 2.24) is 15.8 Å². The molecular formula is C21H43N3O3. The van der Waals surface area contributed by atoms with E-state index in [4.69, 9.17) is 5.11 Å². The van der Waals surface area contributed by atoms with Crippen LogP contribution in [0.25, 0.3) is 0 Å². The van der Waals surface area contributed by atoms with Crippen molar-refractivity contribution in [3.8, 4) is 0 Å². The quantitative estimate of drug-likeness (QED) is 0.230. The van der Waals surface area contributed by atoms with Gasteiger partial charge in [0, 0.05) is 12.5 Å². The molecule has 0 bridgehead atoms. The summed E-state index contributed by atoms with van der Waals surface area (Å²) in [5.41, 5.74) is 5.84.